The summed E-state index contributed by atoms with van der Waals surface area (Å²) in [5.41, 5.74) is 3.07. The number of hydrogen-bond acceptors (Lipinski definition) is 8. The zero-order valence-corrected chi connectivity index (χ0v) is 17.7. The predicted molar refractivity (Wildman–Crippen MR) is 120 cm³/mol. The van der Waals surface area contributed by atoms with Crippen LogP contribution in [0.4, 0.5) is 11.4 Å². The molecule has 0 atom stereocenters. The summed E-state index contributed by atoms with van der Waals surface area (Å²) in [6.07, 6.45) is 5.15. The van der Waals surface area contributed by atoms with Gasteiger partial charge in [-0.1, -0.05) is 6.92 Å². The Kier molecular flexibility index (Phi) is 7.24. The number of hydrogen-bond donors (Lipinski definition) is 4. The van der Waals surface area contributed by atoms with Crippen molar-refractivity contribution in [1.29, 1.82) is 0 Å². The highest BCUT2D eigenvalue weighted by molar-refractivity contribution is 6.48. The smallest absolute Gasteiger partial charge is 0.278 e. The molecule has 3 aromatic rings. The Hall–Kier alpha value is -4.12. The number of hydrazone groups is 1. The largest absolute Gasteiger partial charge is 0.394 e. The summed E-state index contributed by atoms with van der Waals surface area (Å²) >= 11 is 0. The molecule has 0 unspecified atom stereocenters. The summed E-state index contributed by atoms with van der Waals surface area (Å²) in [4.78, 5) is 32.9. The molecule has 0 fully saturated rings. The maximum Gasteiger partial charge on any atom is 0.278 e. The number of carbonyl (C=O) groups is 2. The third-order valence-corrected chi connectivity index (χ3v) is 4.56. The lowest BCUT2D eigenvalue weighted by Gasteiger charge is -2.11. The molecule has 0 aromatic carbocycles. The summed E-state index contributed by atoms with van der Waals surface area (Å²) in [7, 11) is 0. The molecule has 3 heterocycles. The number of aliphatic hydroxyl groups excluding tert-OH is 1. The van der Waals surface area contributed by atoms with Crippen LogP contribution in [0.25, 0.3) is 11.3 Å². The van der Waals surface area contributed by atoms with E-state index in [9.17, 15) is 9.59 Å². The van der Waals surface area contributed by atoms with Crippen LogP contribution in [0.1, 0.15) is 24.7 Å². The Morgan fingerprint density at radius 2 is 2.00 bits per heavy atom. The molecule has 0 aliphatic carbocycles. The van der Waals surface area contributed by atoms with Crippen molar-refractivity contribution in [3.05, 3.63) is 54.2 Å². The number of aromatic nitrogens is 4. The highest BCUT2D eigenvalue weighted by Gasteiger charge is 2.18. The van der Waals surface area contributed by atoms with E-state index in [1.165, 1.54) is 6.20 Å². The van der Waals surface area contributed by atoms with Gasteiger partial charge in [-0.15, -0.1) is 0 Å². The van der Waals surface area contributed by atoms with Gasteiger partial charge in [-0.05, 0) is 31.2 Å². The number of nitrogens with zero attached hydrogens (tertiary/aromatic N) is 5. The molecule has 0 aliphatic heterocycles. The SMILES string of the molecule is CCC(=O)Nc1cnc(C)c(NC(=O)/C(=N/N)c2ccc(-c3ccn(CCO)n3)cn2)c1. The Bertz CT molecular complexity index is 1140. The second kappa shape index (κ2) is 10.3. The standard InChI is InChI=1S/C21H24N8O3/c1-3-19(31)25-15-10-18(13(2)23-12-15)26-21(32)20(27-22)17-5-4-14(11-24-17)16-6-7-29(28-16)8-9-30/h4-7,10-12,30H,3,8-9,22H2,1-2H3,(H,25,31)(H,26,32)/b27-20+. The van der Waals surface area contributed by atoms with Crippen LogP contribution in [-0.2, 0) is 16.1 Å². The third-order valence-electron chi connectivity index (χ3n) is 4.56. The maximum atomic E-state index is 12.8. The van der Waals surface area contributed by atoms with Gasteiger partial charge in [0.1, 0.15) is 0 Å². The molecule has 0 spiro atoms. The Labute approximate surface area is 184 Å². The minimum atomic E-state index is -0.566. The average molecular weight is 436 g/mol. The lowest BCUT2D eigenvalue weighted by Crippen LogP contribution is -2.26. The van der Waals surface area contributed by atoms with Crippen molar-refractivity contribution < 1.29 is 14.7 Å². The molecule has 11 nitrogen and oxygen atoms in total. The first kappa shape index (κ1) is 22.6. The first-order valence-electron chi connectivity index (χ1n) is 9.92. The van der Waals surface area contributed by atoms with E-state index >= 15 is 0 Å². The number of aryl methyl sites for hydroxylation is 1. The fourth-order valence-electron chi connectivity index (χ4n) is 2.83. The van der Waals surface area contributed by atoms with Crippen LogP contribution in [0.15, 0.2) is 48.0 Å². The Morgan fingerprint density at radius 3 is 2.66 bits per heavy atom. The number of nitrogens with two attached hydrogens (primary N) is 1. The molecule has 0 aliphatic rings. The molecule has 5 N–H and O–H groups in total. The molecular weight excluding hydrogens is 412 g/mol. The van der Waals surface area contributed by atoms with Gasteiger partial charge in [0.15, 0.2) is 5.71 Å². The minimum absolute atomic E-state index is 0.00732. The van der Waals surface area contributed by atoms with Crippen LogP contribution in [0.2, 0.25) is 0 Å². The van der Waals surface area contributed by atoms with Gasteiger partial charge in [-0.2, -0.15) is 10.2 Å². The Balaban J connectivity index is 1.76. The summed E-state index contributed by atoms with van der Waals surface area (Å²) < 4.78 is 1.62. The number of aliphatic hydroxyl groups is 1. The third kappa shape index (κ3) is 5.32. The lowest BCUT2D eigenvalue weighted by molar-refractivity contribution is -0.116. The van der Waals surface area contributed by atoms with Gasteiger partial charge >= 0.3 is 0 Å². The van der Waals surface area contributed by atoms with Gasteiger partial charge in [-0.25, -0.2) is 0 Å². The van der Waals surface area contributed by atoms with E-state index in [0.29, 0.717) is 35.7 Å². The number of carbonyl (C=O) groups excluding carboxylic acids is 2. The quantitative estimate of drug-likeness (QED) is 0.235. The van der Waals surface area contributed by atoms with Crippen LogP contribution in [0, 0.1) is 6.92 Å². The second-order valence-corrected chi connectivity index (χ2v) is 6.81. The number of nitrogens with one attached hydrogen (secondary N) is 2. The van der Waals surface area contributed by atoms with Gasteiger partial charge in [-0.3, -0.25) is 24.2 Å². The van der Waals surface area contributed by atoms with Gasteiger partial charge < -0.3 is 21.6 Å². The van der Waals surface area contributed by atoms with Gasteiger partial charge in [0, 0.05) is 24.4 Å². The first-order valence-corrected chi connectivity index (χ1v) is 9.92. The average Bonchev–Trinajstić information content (AvgIpc) is 3.26. The summed E-state index contributed by atoms with van der Waals surface area (Å²) in [5, 5.41) is 22.4. The van der Waals surface area contributed by atoms with E-state index < -0.39 is 5.91 Å². The highest BCUT2D eigenvalue weighted by Crippen LogP contribution is 2.19. The van der Waals surface area contributed by atoms with E-state index in [0.717, 1.165) is 5.56 Å². The number of anilines is 2. The van der Waals surface area contributed by atoms with Crippen molar-refractivity contribution in [2.24, 2.45) is 10.9 Å². The molecule has 11 heteroatoms. The molecule has 0 saturated carbocycles. The molecule has 2 amide bonds. The van der Waals surface area contributed by atoms with Gasteiger partial charge in [0.25, 0.3) is 5.91 Å². The zero-order chi connectivity index (χ0) is 23.1. The summed E-state index contributed by atoms with van der Waals surface area (Å²) in [6.45, 7) is 3.85. The van der Waals surface area contributed by atoms with Gasteiger partial charge in [0.05, 0.1) is 47.8 Å². The maximum absolute atomic E-state index is 12.8. The fraction of sp³-hybridized carbons (Fsp3) is 0.238. The predicted octanol–water partition coefficient (Wildman–Crippen LogP) is 1.29. The molecule has 32 heavy (non-hydrogen) atoms. The van der Waals surface area contributed by atoms with E-state index in [4.69, 9.17) is 10.9 Å². The zero-order valence-electron chi connectivity index (χ0n) is 17.7. The van der Waals surface area contributed by atoms with Crippen LogP contribution in [0.3, 0.4) is 0 Å². The van der Waals surface area contributed by atoms with Crippen molar-refractivity contribution in [3.8, 4) is 11.3 Å². The first-order chi connectivity index (χ1) is 15.4. The lowest BCUT2D eigenvalue weighted by atomic mass is 10.1. The molecule has 3 rings (SSSR count). The van der Waals surface area contributed by atoms with E-state index in [1.54, 1.807) is 55.2 Å². The van der Waals surface area contributed by atoms with Crippen LogP contribution in [0.5, 0.6) is 0 Å². The molecule has 0 radical (unpaired) electrons. The summed E-state index contributed by atoms with van der Waals surface area (Å²) in [6, 6.07) is 6.78. The minimum Gasteiger partial charge on any atom is -0.394 e. The van der Waals surface area contributed by atoms with Crippen molar-refractivity contribution in [2.75, 3.05) is 17.2 Å². The van der Waals surface area contributed by atoms with Gasteiger partial charge in [0.2, 0.25) is 5.91 Å². The molecule has 3 aromatic heterocycles. The monoisotopic (exact) mass is 436 g/mol. The summed E-state index contributed by atoms with van der Waals surface area (Å²) in [5.74, 6) is 4.74. The molecular formula is C21H24N8O3. The van der Waals surface area contributed by atoms with Crippen molar-refractivity contribution in [1.82, 2.24) is 19.7 Å². The van der Waals surface area contributed by atoms with Crippen molar-refractivity contribution in [2.45, 2.75) is 26.8 Å². The van der Waals surface area contributed by atoms with E-state index in [1.807, 2.05) is 0 Å². The van der Waals surface area contributed by atoms with E-state index in [2.05, 4.69) is 30.8 Å². The molecule has 166 valence electrons. The highest BCUT2D eigenvalue weighted by atomic mass is 16.3. The number of pyridine rings is 2. The molecule has 0 saturated heterocycles. The van der Waals surface area contributed by atoms with Crippen LogP contribution >= 0.6 is 0 Å². The van der Waals surface area contributed by atoms with Crippen LogP contribution < -0.4 is 16.5 Å². The van der Waals surface area contributed by atoms with E-state index in [-0.39, 0.29) is 23.9 Å². The van der Waals surface area contributed by atoms with Crippen LogP contribution in [-0.4, -0.2) is 49.0 Å². The van der Waals surface area contributed by atoms with Crippen molar-refractivity contribution >= 4 is 28.9 Å². The molecule has 0 bridgehead atoms. The normalized spacial score (nSPS) is 11.3. The number of amides is 2. The fourth-order valence-corrected chi connectivity index (χ4v) is 2.83. The Morgan fingerprint density at radius 1 is 1.19 bits per heavy atom. The topological polar surface area (TPSA) is 160 Å². The number of rotatable bonds is 8. The van der Waals surface area contributed by atoms with Crippen molar-refractivity contribution in [3.63, 3.8) is 0 Å². The second-order valence-electron chi connectivity index (χ2n) is 6.81.